The van der Waals surface area contributed by atoms with Gasteiger partial charge in [0.2, 0.25) is 0 Å². The molecule has 0 saturated carbocycles. The summed E-state index contributed by atoms with van der Waals surface area (Å²) in [7, 11) is 0. The second-order valence-electron chi connectivity index (χ2n) is 14.6. The fraction of sp³-hybridized carbons (Fsp3) is 1.00. The van der Waals surface area contributed by atoms with Crippen LogP contribution in [0.4, 0.5) is 0 Å². The first-order valence-corrected chi connectivity index (χ1v) is 20.2. The van der Waals surface area contributed by atoms with Gasteiger partial charge >= 0.3 is 0 Å². The summed E-state index contributed by atoms with van der Waals surface area (Å²) < 4.78 is 0. The molecule has 0 bridgehead atoms. The van der Waals surface area contributed by atoms with Gasteiger partial charge in [-0.05, 0) is 11.8 Å². The lowest BCUT2D eigenvalue weighted by molar-refractivity contribution is 0.390. The highest BCUT2D eigenvalue weighted by Crippen LogP contribution is 2.22. The van der Waals surface area contributed by atoms with E-state index in [2.05, 4.69) is 27.7 Å². The van der Waals surface area contributed by atoms with Gasteiger partial charge in [0.15, 0.2) is 0 Å². The molecule has 2 atom stereocenters. The van der Waals surface area contributed by atoms with Crippen LogP contribution in [0.5, 0.6) is 0 Å². The average molecular weight is 577 g/mol. The molecule has 0 saturated heterocycles. The van der Waals surface area contributed by atoms with Crippen LogP contribution in [0, 0.1) is 11.8 Å². The molecule has 0 fully saturated rings. The molecule has 0 aliphatic heterocycles. The molecule has 0 aromatic heterocycles. The van der Waals surface area contributed by atoms with E-state index in [0.29, 0.717) is 0 Å². The Morgan fingerprint density at radius 2 is 0.390 bits per heavy atom. The Balaban J connectivity index is 3.25. The van der Waals surface area contributed by atoms with Crippen LogP contribution in [0.15, 0.2) is 0 Å². The van der Waals surface area contributed by atoms with Crippen LogP contribution in [-0.4, -0.2) is 0 Å². The lowest BCUT2D eigenvalue weighted by Crippen LogP contribution is -1.99. The zero-order chi connectivity index (χ0) is 29.9. The van der Waals surface area contributed by atoms with Crippen molar-refractivity contribution in [1.82, 2.24) is 0 Å². The van der Waals surface area contributed by atoms with E-state index >= 15 is 0 Å². The van der Waals surface area contributed by atoms with Gasteiger partial charge in [-0.25, -0.2) is 0 Å². The molecule has 0 heterocycles. The van der Waals surface area contributed by atoms with Gasteiger partial charge in [-0.3, -0.25) is 0 Å². The molecular weight excluding hydrogens is 492 g/mol. The van der Waals surface area contributed by atoms with Gasteiger partial charge in [0.25, 0.3) is 0 Å². The zero-order valence-electron chi connectivity index (χ0n) is 29.9. The van der Waals surface area contributed by atoms with Crippen molar-refractivity contribution < 1.29 is 0 Å². The lowest BCUT2D eigenvalue weighted by Gasteiger charge is -2.14. The molecule has 0 rings (SSSR count). The molecular formula is C41H84. The predicted molar refractivity (Wildman–Crippen MR) is 191 cm³/mol. The summed E-state index contributed by atoms with van der Waals surface area (Å²) in [4.78, 5) is 0. The highest BCUT2D eigenvalue weighted by atomic mass is 14.1. The van der Waals surface area contributed by atoms with Crippen LogP contribution in [0.3, 0.4) is 0 Å². The van der Waals surface area contributed by atoms with Crippen molar-refractivity contribution in [2.45, 2.75) is 252 Å². The Bertz CT molecular complexity index is 439. The van der Waals surface area contributed by atoms with Crippen molar-refractivity contribution in [2.24, 2.45) is 11.8 Å². The van der Waals surface area contributed by atoms with Gasteiger partial charge in [0, 0.05) is 0 Å². The first kappa shape index (κ1) is 41.0. The molecule has 2 unspecified atom stereocenters. The predicted octanol–water partition coefficient (Wildman–Crippen LogP) is 16.0. The van der Waals surface area contributed by atoms with E-state index in [1.807, 2.05) is 0 Å². The molecule has 0 spiro atoms. The number of unbranched alkanes of at least 4 members (excludes halogenated alkanes) is 28. The maximum Gasteiger partial charge on any atom is -0.0443 e. The first-order valence-electron chi connectivity index (χ1n) is 20.2. The monoisotopic (exact) mass is 577 g/mol. The minimum absolute atomic E-state index is 0.954. The Morgan fingerprint density at radius 1 is 0.220 bits per heavy atom. The summed E-state index contributed by atoms with van der Waals surface area (Å²) in [5.41, 5.74) is 0. The van der Waals surface area contributed by atoms with Crippen molar-refractivity contribution >= 4 is 0 Å². The molecule has 248 valence electrons. The Hall–Kier alpha value is 0. The molecule has 0 aromatic rings. The SMILES string of the molecule is CCCCCCCCCCCCCCCCCCC(C)CCCC(C)CCCCCCCCCCCCCCCC. The van der Waals surface area contributed by atoms with Crippen LogP contribution >= 0.6 is 0 Å². The van der Waals surface area contributed by atoms with E-state index < -0.39 is 0 Å². The van der Waals surface area contributed by atoms with E-state index in [9.17, 15) is 0 Å². The summed E-state index contributed by atoms with van der Waals surface area (Å²) in [6.45, 7) is 9.65. The summed E-state index contributed by atoms with van der Waals surface area (Å²) in [6, 6.07) is 0. The maximum atomic E-state index is 2.52. The fourth-order valence-electron chi connectivity index (χ4n) is 6.83. The molecule has 0 radical (unpaired) electrons. The number of rotatable bonds is 36. The summed E-state index contributed by atoms with van der Waals surface area (Å²) >= 11 is 0. The average Bonchev–Trinajstić information content (AvgIpc) is 2.97. The molecule has 0 aliphatic rings. The minimum atomic E-state index is 0.954. The van der Waals surface area contributed by atoms with Crippen molar-refractivity contribution in [3.05, 3.63) is 0 Å². The topological polar surface area (TPSA) is 0 Å². The highest BCUT2D eigenvalue weighted by Gasteiger charge is 2.06. The second kappa shape index (κ2) is 36.2. The van der Waals surface area contributed by atoms with E-state index in [4.69, 9.17) is 0 Å². The number of hydrogen-bond acceptors (Lipinski definition) is 0. The zero-order valence-corrected chi connectivity index (χ0v) is 29.9. The van der Waals surface area contributed by atoms with E-state index in [1.165, 1.54) is 225 Å². The van der Waals surface area contributed by atoms with Crippen LogP contribution in [-0.2, 0) is 0 Å². The van der Waals surface area contributed by atoms with Crippen molar-refractivity contribution in [3.63, 3.8) is 0 Å². The summed E-state index contributed by atoms with van der Waals surface area (Å²) in [5.74, 6) is 1.91. The number of hydrogen-bond donors (Lipinski definition) is 0. The van der Waals surface area contributed by atoms with E-state index in [0.717, 1.165) is 11.8 Å². The summed E-state index contributed by atoms with van der Waals surface area (Å²) in [6.07, 6.45) is 51.6. The maximum absolute atomic E-state index is 2.52. The van der Waals surface area contributed by atoms with Gasteiger partial charge in [0.1, 0.15) is 0 Å². The van der Waals surface area contributed by atoms with Crippen molar-refractivity contribution in [2.75, 3.05) is 0 Å². The van der Waals surface area contributed by atoms with Gasteiger partial charge in [-0.1, -0.05) is 252 Å². The van der Waals surface area contributed by atoms with Crippen molar-refractivity contribution in [1.29, 1.82) is 0 Å². The summed E-state index contributed by atoms with van der Waals surface area (Å²) in [5, 5.41) is 0. The Kier molecular flexibility index (Phi) is 36.2. The molecule has 0 heteroatoms. The fourth-order valence-corrected chi connectivity index (χ4v) is 6.83. The molecule has 0 nitrogen and oxygen atoms in total. The van der Waals surface area contributed by atoms with E-state index in [1.54, 1.807) is 0 Å². The van der Waals surface area contributed by atoms with Crippen LogP contribution < -0.4 is 0 Å². The van der Waals surface area contributed by atoms with Gasteiger partial charge in [-0.15, -0.1) is 0 Å². The molecule has 0 aliphatic carbocycles. The van der Waals surface area contributed by atoms with Crippen molar-refractivity contribution in [3.8, 4) is 0 Å². The third-order valence-electron chi connectivity index (χ3n) is 9.99. The molecule has 0 N–H and O–H groups in total. The Labute approximate surface area is 263 Å². The molecule has 41 heavy (non-hydrogen) atoms. The smallest absolute Gasteiger partial charge is 0.0443 e. The minimum Gasteiger partial charge on any atom is -0.0654 e. The van der Waals surface area contributed by atoms with E-state index in [-0.39, 0.29) is 0 Å². The van der Waals surface area contributed by atoms with Gasteiger partial charge in [0.05, 0.1) is 0 Å². The van der Waals surface area contributed by atoms with Gasteiger partial charge in [-0.2, -0.15) is 0 Å². The second-order valence-corrected chi connectivity index (χ2v) is 14.6. The normalized spacial score (nSPS) is 13.2. The standard InChI is InChI=1S/C41H84/c1-5-7-9-11-13-15-17-19-21-22-24-26-28-30-32-34-37-41(4)39-35-38-40(3)36-33-31-29-27-25-23-20-18-16-14-12-10-8-6-2/h40-41H,5-39H2,1-4H3. The highest BCUT2D eigenvalue weighted by molar-refractivity contribution is 4.60. The Morgan fingerprint density at radius 3 is 0.610 bits per heavy atom. The van der Waals surface area contributed by atoms with Crippen LogP contribution in [0.25, 0.3) is 0 Å². The quantitative estimate of drug-likeness (QED) is 0.0651. The molecule has 0 aromatic carbocycles. The first-order chi connectivity index (χ1) is 20.2. The van der Waals surface area contributed by atoms with Crippen LogP contribution in [0.1, 0.15) is 252 Å². The third-order valence-corrected chi connectivity index (χ3v) is 9.99. The largest absolute Gasteiger partial charge is 0.0654 e. The lowest BCUT2D eigenvalue weighted by atomic mass is 9.92. The van der Waals surface area contributed by atoms with Gasteiger partial charge < -0.3 is 0 Å². The molecule has 0 amide bonds. The third kappa shape index (κ3) is 36.1. The van der Waals surface area contributed by atoms with Crippen LogP contribution in [0.2, 0.25) is 0 Å².